The van der Waals surface area contributed by atoms with E-state index >= 15 is 0 Å². The van der Waals surface area contributed by atoms with E-state index in [1.165, 1.54) is 4.57 Å². The zero-order valence-electron chi connectivity index (χ0n) is 20.8. The van der Waals surface area contributed by atoms with Crippen LogP contribution in [0.2, 0.25) is 0 Å². The normalized spacial score (nSPS) is 11.7. The number of amides is 1. The van der Waals surface area contributed by atoms with Crippen LogP contribution in [0.5, 0.6) is 0 Å². The lowest BCUT2D eigenvalue weighted by Gasteiger charge is -2.35. The molecule has 0 aliphatic carbocycles. The van der Waals surface area contributed by atoms with Crippen molar-refractivity contribution in [1.29, 1.82) is 0 Å². The summed E-state index contributed by atoms with van der Waals surface area (Å²) < 4.78 is 34.5. The van der Waals surface area contributed by atoms with Crippen molar-refractivity contribution in [3.8, 4) is 0 Å². The fourth-order valence-corrected chi connectivity index (χ4v) is 7.40. The quantitative estimate of drug-likeness (QED) is 0.282. The number of carbonyl (C=O) groups is 1. The summed E-state index contributed by atoms with van der Waals surface area (Å²) in [5, 5.41) is 9.24. The number of rotatable bonds is 18. The second-order valence-corrected chi connectivity index (χ2v) is 10.8. The van der Waals surface area contributed by atoms with Crippen LogP contribution >= 0.6 is 0 Å². The number of nitrogens with one attached hydrogen (secondary N) is 1. The molecule has 10 nitrogen and oxygen atoms in total. The molecule has 0 bridgehead atoms. The molecule has 188 valence electrons. The topological polar surface area (TPSA) is 108 Å². The van der Waals surface area contributed by atoms with Crippen LogP contribution in [0.4, 0.5) is 4.79 Å². The molecule has 0 rings (SSSR count). The minimum atomic E-state index is -3.28. The maximum atomic E-state index is 11.3. The van der Waals surface area contributed by atoms with Crippen molar-refractivity contribution >= 4 is 24.0 Å². The molecule has 0 unspecified atom stereocenters. The Hall–Kier alpha value is -0.576. The van der Waals surface area contributed by atoms with Crippen LogP contribution in [0.15, 0.2) is 0 Å². The van der Waals surface area contributed by atoms with Gasteiger partial charge in [0.15, 0.2) is 0 Å². The van der Waals surface area contributed by atoms with Crippen LogP contribution in [0.25, 0.3) is 0 Å². The molecule has 0 spiro atoms. The molecule has 0 aromatic rings. The van der Waals surface area contributed by atoms with Crippen molar-refractivity contribution < 1.29 is 36.5 Å². The first-order valence-electron chi connectivity index (χ1n) is 11.4. The first kappa shape index (κ1) is 32.6. The van der Waals surface area contributed by atoms with Gasteiger partial charge in [0.1, 0.15) is 0 Å². The summed E-state index contributed by atoms with van der Waals surface area (Å²) in [4.78, 5) is 14.5. The maximum Gasteiger partial charge on any atom is 0.638 e. The van der Waals surface area contributed by atoms with E-state index in [1.807, 2.05) is 27.7 Å². The van der Waals surface area contributed by atoms with Gasteiger partial charge in [0, 0.05) is 46.2 Å². The van der Waals surface area contributed by atoms with Crippen LogP contribution in [-0.4, -0.2) is 86.4 Å². The van der Waals surface area contributed by atoms with E-state index in [0.29, 0.717) is 52.6 Å². The van der Waals surface area contributed by atoms with Crippen molar-refractivity contribution in [3.05, 3.63) is 0 Å². The van der Waals surface area contributed by atoms with Crippen molar-refractivity contribution in [3.63, 3.8) is 0 Å². The lowest BCUT2D eigenvalue weighted by Crippen LogP contribution is -2.63. The molecule has 1 amide bonds. The first-order valence-corrected chi connectivity index (χ1v) is 14.8. The molecule has 0 aromatic heterocycles. The van der Waals surface area contributed by atoms with E-state index in [9.17, 15) is 9.90 Å². The minimum absolute atomic E-state index is 0.349. The third-order valence-corrected chi connectivity index (χ3v) is 9.31. The summed E-state index contributed by atoms with van der Waals surface area (Å²) >= 11 is 0. The number of carboxylic acid groups (broad SMARTS) is 1. The largest absolute Gasteiger partial charge is 0.638 e. The fraction of sp³-hybridized carbons (Fsp3) is 0.947. The molecule has 0 saturated heterocycles. The fourth-order valence-electron chi connectivity index (χ4n) is 2.61. The lowest BCUT2D eigenvalue weighted by molar-refractivity contribution is 0.0197. The smallest absolute Gasteiger partial charge is 0.465 e. The predicted octanol–water partition coefficient (Wildman–Crippen LogP) is 3.45. The van der Waals surface area contributed by atoms with E-state index in [1.54, 1.807) is 20.8 Å². The van der Waals surface area contributed by atoms with E-state index < -0.39 is 24.0 Å². The Labute approximate surface area is 191 Å². The van der Waals surface area contributed by atoms with Gasteiger partial charge >= 0.3 is 24.0 Å². The van der Waals surface area contributed by atoms with Crippen LogP contribution in [-0.2, 0) is 26.6 Å². The highest BCUT2D eigenvalue weighted by Crippen LogP contribution is 2.17. The Morgan fingerprint density at radius 2 is 1.10 bits per heavy atom. The SMILES string of the molecule is CCCN(C(=O)O)[Si](OCC)(OCC)OCC.CCCN[Si](OCC)(OCC)OCC. The van der Waals surface area contributed by atoms with Gasteiger partial charge in [0.05, 0.1) is 0 Å². The number of hydrogen-bond donors (Lipinski definition) is 2. The third-order valence-electron chi connectivity index (χ3n) is 3.58. The van der Waals surface area contributed by atoms with Crippen molar-refractivity contribution in [2.75, 3.05) is 52.7 Å². The Morgan fingerprint density at radius 3 is 1.35 bits per heavy atom. The van der Waals surface area contributed by atoms with Crippen LogP contribution in [0, 0.1) is 0 Å². The molecule has 0 saturated carbocycles. The Morgan fingerprint density at radius 1 is 0.710 bits per heavy atom. The molecule has 0 atom stereocenters. The molecule has 0 radical (unpaired) electrons. The van der Waals surface area contributed by atoms with Gasteiger partial charge in [-0.05, 0) is 60.9 Å². The average molecular weight is 487 g/mol. The minimum Gasteiger partial charge on any atom is -0.465 e. The average Bonchev–Trinajstić information content (AvgIpc) is 2.72. The van der Waals surface area contributed by atoms with Gasteiger partial charge in [-0.1, -0.05) is 13.8 Å². The zero-order chi connectivity index (χ0) is 24.2. The zero-order valence-corrected chi connectivity index (χ0v) is 22.8. The summed E-state index contributed by atoms with van der Waals surface area (Å²) in [7, 11) is -5.84. The number of hydrogen-bond acceptors (Lipinski definition) is 8. The monoisotopic (exact) mass is 486 g/mol. The van der Waals surface area contributed by atoms with Gasteiger partial charge in [-0.2, -0.15) is 0 Å². The van der Waals surface area contributed by atoms with Crippen LogP contribution in [0.1, 0.15) is 68.2 Å². The summed E-state index contributed by atoms with van der Waals surface area (Å²) in [6.45, 7) is 19.4. The Balaban J connectivity index is 0. The highest BCUT2D eigenvalue weighted by atomic mass is 28.4. The summed E-state index contributed by atoms with van der Waals surface area (Å²) in [5.41, 5.74) is 0. The van der Waals surface area contributed by atoms with Crippen molar-refractivity contribution in [1.82, 2.24) is 9.55 Å². The van der Waals surface area contributed by atoms with Crippen LogP contribution in [0.3, 0.4) is 0 Å². The van der Waals surface area contributed by atoms with Crippen molar-refractivity contribution in [2.24, 2.45) is 0 Å². The van der Waals surface area contributed by atoms with Gasteiger partial charge in [-0.25, -0.2) is 4.79 Å². The number of nitrogens with zero attached hydrogens (tertiary/aromatic N) is 1. The van der Waals surface area contributed by atoms with Crippen LogP contribution < -0.4 is 4.98 Å². The summed E-state index contributed by atoms with van der Waals surface area (Å²) in [6.07, 6.45) is 0.671. The lowest BCUT2D eigenvalue weighted by atomic mass is 10.5. The van der Waals surface area contributed by atoms with E-state index in [2.05, 4.69) is 11.9 Å². The Bertz CT molecular complexity index is 402. The standard InChI is InChI=1S/C10H23NO5Si.C9H23NO3Si/c1-5-9-11(10(12)13)17(14-6-2,15-7-3)16-8-4;1-5-9-10-14(11-6-2,12-7-3)13-8-4/h5-9H2,1-4H3,(H,12,13);10H,5-9H2,1-4H3. The van der Waals surface area contributed by atoms with Gasteiger partial charge < -0.3 is 31.7 Å². The second-order valence-electron chi connectivity index (χ2n) is 6.04. The molecular weight excluding hydrogens is 440 g/mol. The molecule has 0 aromatic carbocycles. The van der Waals surface area contributed by atoms with E-state index in [-0.39, 0.29) is 0 Å². The van der Waals surface area contributed by atoms with Gasteiger partial charge in [-0.3, -0.25) is 9.55 Å². The van der Waals surface area contributed by atoms with Crippen molar-refractivity contribution in [2.45, 2.75) is 68.2 Å². The molecule has 0 heterocycles. The van der Waals surface area contributed by atoms with Gasteiger partial charge in [0.2, 0.25) is 0 Å². The van der Waals surface area contributed by atoms with E-state index in [0.717, 1.165) is 13.0 Å². The molecule has 0 fully saturated rings. The highest BCUT2D eigenvalue weighted by Gasteiger charge is 2.51. The highest BCUT2D eigenvalue weighted by molar-refractivity contribution is 6.60. The maximum absolute atomic E-state index is 11.3. The Kier molecular flexibility index (Phi) is 21.1. The van der Waals surface area contributed by atoms with Gasteiger partial charge in [-0.15, -0.1) is 0 Å². The molecule has 0 aliphatic heterocycles. The van der Waals surface area contributed by atoms with E-state index in [4.69, 9.17) is 26.6 Å². The molecule has 2 N–H and O–H groups in total. The summed E-state index contributed by atoms with van der Waals surface area (Å²) in [5.74, 6) is 0. The predicted molar refractivity (Wildman–Crippen MR) is 125 cm³/mol. The third kappa shape index (κ3) is 12.9. The first-order chi connectivity index (χ1) is 14.8. The molecular formula is C19H46N2O8Si2. The molecule has 12 heteroatoms. The van der Waals surface area contributed by atoms with Gasteiger partial charge in [0.25, 0.3) is 0 Å². The molecule has 0 aliphatic rings. The summed E-state index contributed by atoms with van der Waals surface area (Å²) in [6, 6.07) is 0. The molecule has 31 heavy (non-hydrogen) atoms. The second kappa shape index (κ2) is 20.1.